The molecule has 4 N–H and O–H groups in total. The Bertz CT molecular complexity index is 754. The van der Waals surface area contributed by atoms with E-state index in [1.54, 1.807) is 6.08 Å². The van der Waals surface area contributed by atoms with Gasteiger partial charge >= 0.3 is 0 Å². The molecule has 3 unspecified atom stereocenters. The van der Waals surface area contributed by atoms with Crippen LogP contribution in [0.3, 0.4) is 0 Å². The van der Waals surface area contributed by atoms with Crippen molar-refractivity contribution < 1.29 is 20.1 Å². The molecule has 0 rings (SSSR count). The Labute approximate surface area is 318 Å². The Hall–Kier alpha value is -1.17. The summed E-state index contributed by atoms with van der Waals surface area (Å²) < 4.78 is 0. The third kappa shape index (κ3) is 37.0. The molecule has 51 heavy (non-hydrogen) atoms. The van der Waals surface area contributed by atoms with Crippen molar-refractivity contribution in [2.24, 2.45) is 0 Å². The van der Waals surface area contributed by atoms with E-state index < -0.39 is 24.2 Å². The average Bonchev–Trinajstić information content (AvgIpc) is 3.13. The topological polar surface area (TPSA) is 89.8 Å². The largest absolute Gasteiger partial charge is 0.394 e. The summed E-state index contributed by atoms with van der Waals surface area (Å²) in [5.74, 6) is -0.506. The second-order valence-corrected chi connectivity index (χ2v) is 15.6. The molecule has 0 aliphatic heterocycles. The maximum absolute atomic E-state index is 12.5. The number of hydrogen-bond acceptors (Lipinski definition) is 4. The van der Waals surface area contributed by atoms with Gasteiger partial charge in [0.25, 0.3) is 0 Å². The second-order valence-electron chi connectivity index (χ2n) is 15.6. The van der Waals surface area contributed by atoms with E-state index in [2.05, 4.69) is 31.3 Å². The standard InChI is InChI=1S/C46H89NO4/c1-3-5-7-9-11-13-15-17-19-21-23-25-26-28-30-32-34-36-38-40-44(49)43(42-48)47-46(51)45(50)41-39-37-35-33-31-29-27-24-22-20-18-16-14-12-10-8-6-4-2/h22,24,38,40,43-45,48-50H,3-21,23,25-37,39,41-42H2,1-2H3,(H,47,51)/b24-22-,40-38+. The number of unbranched alkanes of at least 4 members (excludes halogenated alkanes) is 31. The third-order valence-electron chi connectivity index (χ3n) is 10.5. The van der Waals surface area contributed by atoms with Gasteiger partial charge in [-0.2, -0.15) is 0 Å². The van der Waals surface area contributed by atoms with Crippen molar-refractivity contribution in [3.8, 4) is 0 Å². The lowest BCUT2D eigenvalue weighted by atomic mass is 10.0. The van der Waals surface area contributed by atoms with Crippen LogP contribution in [0.25, 0.3) is 0 Å². The van der Waals surface area contributed by atoms with Crippen LogP contribution in [0.4, 0.5) is 0 Å². The van der Waals surface area contributed by atoms with Crippen molar-refractivity contribution in [2.75, 3.05) is 6.61 Å². The summed E-state index contributed by atoms with van der Waals surface area (Å²) in [4.78, 5) is 12.5. The molecule has 0 saturated carbocycles. The van der Waals surface area contributed by atoms with Gasteiger partial charge in [0.05, 0.1) is 18.8 Å². The molecule has 0 fully saturated rings. The van der Waals surface area contributed by atoms with E-state index in [1.807, 2.05) is 6.08 Å². The molecule has 0 aromatic heterocycles. The predicted octanol–water partition coefficient (Wildman–Crippen LogP) is 13.0. The molecule has 5 heteroatoms. The van der Waals surface area contributed by atoms with Crippen LogP contribution in [-0.2, 0) is 4.79 Å². The summed E-state index contributed by atoms with van der Waals surface area (Å²) in [5, 5.41) is 33.2. The fourth-order valence-electron chi connectivity index (χ4n) is 6.94. The molecule has 302 valence electrons. The van der Waals surface area contributed by atoms with Crippen LogP contribution in [0.1, 0.15) is 239 Å². The highest BCUT2D eigenvalue weighted by Crippen LogP contribution is 2.15. The average molecular weight is 720 g/mol. The first kappa shape index (κ1) is 49.8. The minimum atomic E-state index is -1.10. The van der Waals surface area contributed by atoms with Gasteiger partial charge in [0.1, 0.15) is 6.10 Å². The number of amides is 1. The quantitative estimate of drug-likeness (QED) is 0.0374. The van der Waals surface area contributed by atoms with Crippen LogP contribution in [0, 0.1) is 0 Å². The van der Waals surface area contributed by atoms with Crippen molar-refractivity contribution >= 4 is 5.91 Å². The van der Waals surface area contributed by atoms with Gasteiger partial charge in [0.2, 0.25) is 5.91 Å². The summed E-state index contributed by atoms with van der Waals surface area (Å²) in [6, 6.07) is -0.798. The Morgan fingerprint density at radius 3 is 1.14 bits per heavy atom. The molecule has 1 amide bonds. The molecular weight excluding hydrogens is 631 g/mol. The SMILES string of the molecule is CCCCCCCCCC/C=C\CCCCCCCCC(O)C(=O)NC(CO)C(O)/C=C/CCCCCCCCCCCCCCCCCCC. The number of carbonyl (C=O) groups is 1. The Kier molecular flexibility index (Phi) is 40.6. The molecule has 0 spiro atoms. The molecule has 0 radical (unpaired) electrons. The maximum atomic E-state index is 12.5. The maximum Gasteiger partial charge on any atom is 0.249 e. The molecule has 0 aromatic rings. The molecular formula is C46H89NO4. The van der Waals surface area contributed by atoms with E-state index in [-0.39, 0.29) is 6.61 Å². The first-order valence-electron chi connectivity index (χ1n) is 22.7. The minimum Gasteiger partial charge on any atom is -0.394 e. The lowest BCUT2D eigenvalue weighted by Gasteiger charge is -2.21. The highest BCUT2D eigenvalue weighted by Gasteiger charge is 2.22. The van der Waals surface area contributed by atoms with Crippen molar-refractivity contribution in [1.29, 1.82) is 0 Å². The lowest BCUT2D eigenvalue weighted by Crippen LogP contribution is -2.48. The molecule has 0 heterocycles. The van der Waals surface area contributed by atoms with E-state index in [1.165, 1.54) is 186 Å². The molecule has 0 bridgehead atoms. The summed E-state index contributed by atoms with van der Waals surface area (Å²) in [7, 11) is 0. The van der Waals surface area contributed by atoms with E-state index in [4.69, 9.17) is 0 Å². The minimum absolute atomic E-state index is 0.364. The van der Waals surface area contributed by atoms with E-state index in [0.29, 0.717) is 6.42 Å². The molecule has 0 aromatic carbocycles. The number of carbonyl (C=O) groups excluding carboxylic acids is 1. The highest BCUT2D eigenvalue weighted by atomic mass is 16.3. The Morgan fingerprint density at radius 1 is 0.471 bits per heavy atom. The second kappa shape index (κ2) is 41.6. The van der Waals surface area contributed by atoms with Gasteiger partial charge in [0.15, 0.2) is 0 Å². The van der Waals surface area contributed by atoms with E-state index in [9.17, 15) is 20.1 Å². The van der Waals surface area contributed by atoms with E-state index >= 15 is 0 Å². The van der Waals surface area contributed by atoms with Crippen LogP contribution < -0.4 is 5.32 Å². The Balaban J connectivity index is 3.67. The van der Waals surface area contributed by atoms with E-state index in [0.717, 1.165) is 32.1 Å². The van der Waals surface area contributed by atoms with Gasteiger partial charge in [-0.15, -0.1) is 0 Å². The normalized spacial score (nSPS) is 13.7. The smallest absolute Gasteiger partial charge is 0.249 e. The van der Waals surface area contributed by atoms with Crippen molar-refractivity contribution in [2.45, 2.75) is 257 Å². The summed E-state index contributed by atoms with van der Waals surface area (Å²) in [6.45, 7) is 4.19. The van der Waals surface area contributed by atoms with Crippen molar-refractivity contribution in [3.05, 3.63) is 24.3 Å². The fourth-order valence-corrected chi connectivity index (χ4v) is 6.94. The zero-order valence-corrected chi connectivity index (χ0v) is 34.2. The number of allylic oxidation sites excluding steroid dienone is 3. The van der Waals surface area contributed by atoms with Gasteiger partial charge in [-0.25, -0.2) is 0 Å². The van der Waals surface area contributed by atoms with Gasteiger partial charge in [-0.1, -0.05) is 218 Å². The first-order valence-corrected chi connectivity index (χ1v) is 22.7. The van der Waals surface area contributed by atoms with Gasteiger partial charge in [0, 0.05) is 0 Å². The summed E-state index contributed by atoms with van der Waals surface area (Å²) in [5.41, 5.74) is 0. The van der Waals surface area contributed by atoms with Gasteiger partial charge in [-0.3, -0.25) is 4.79 Å². The van der Waals surface area contributed by atoms with Crippen LogP contribution in [0.2, 0.25) is 0 Å². The monoisotopic (exact) mass is 720 g/mol. The Morgan fingerprint density at radius 2 is 0.784 bits per heavy atom. The van der Waals surface area contributed by atoms with Crippen LogP contribution in [-0.4, -0.2) is 46.1 Å². The predicted molar refractivity (Wildman–Crippen MR) is 222 cm³/mol. The van der Waals surface area contributed by atoms with Crippen LogP contribution in [0.15, 0.2) is 24.3 Å². The zero-order chi connectivity index (χ0) is 37.3. The molecule has 0 aliphatic carbocycles. The number of rotatable bonds is 41. The number of nitrogens with one attached hydrogen (secondary N) is 1. The highest BCUT2D eigenvalue weighted by molar-refractivity contribution is 5.80. The first-order chi connectivity index (χ1) is 25.1. The summed E-state index contributed by atoms with van der Waals surface area (Å²) in [6.07, 6.45) is 50.6. The summed E-state index contributed by atoms with van der Waals surface area (Å²) >= 11 is 0. The van der Waals surface area contributed by atoms with Gasteiger partial charge in [-0.05, 0) is 44.9 Å². The number of aliphatic hydroxyl groups is 3. The molecule has 0 aliphatic rings. The lowest BCUT2D eigenvalue weighted by molar-refractivity contribution is -0.131. The third-order valence-corrected chi connectivity index (χ3v) is 10.5. The van der Waals surface area contributed by atoms with Crippen LogP contribution in [0.5, 0.6) is 0 Å². The zero-order valence-electron chi connectivity index (χ0n) is 34.2. The fraction of sp³-hybridized carbons (Fsp3) is 0.891. The molecule has 3 atom stereocenters. The molecule has 0 saturated heterocycles. The number of hydrogen-bond donors (Lipinski definition) is 4. The number of aliphatic hydroxyl groups excluding tert-OH is 3. The van der Waals surface area contributed by atoms with Crippen LogP contribution >= 0.6 is 0 Å². The van der Waals surface area contributed by atoms with Crippen molar-refractivity contribution in [3.63, 3.8) is 0 Å². The van der Waals surface area contributed by atoms with Crippen molar-refractivity contribution in [1.82, 2.24) is 5.32 Å². The van der Waals surface area contributed by atoms with Gasteiger partial charge < -0.3 is 20.6 Å². The molecule has 5 nitrogen and oxygen atoms in total.